The van der Waals surface area contributed by atoms with Crippen LogP contribution in [0.3, 0.4) is 0 Å². The van der Waals surface area contributed by atoms with Crippen LogP contribution in [-0.2, 0) is 0 Å². The van der Waals surface area contributed by atoms with Crippen molar-refractivity contribution in [1.29, 1.82) is 0 Å². The lowest BCUT2D eigenvalue weighted by molar-refractivity contribution is 0.0715. The van der Waals surface area contributed by atoms with Crippen LogP contribution in [0.25, 0.3) is 16.8 Å². The van der Waals surface area contributed by atoms with Crippen molar-refractivity contribution in [1.82, 2.24) is 19.4 Å². The lowest BCUT2D eigenvalue weighted by Gasteiger charge is -2.35. The van der Waals surface area contributed by atoms with Gasteiger partial charge in [0, 0.05) is 50.7 Å². The van der Waals surface area contributed by atoms with Crippen LogP contribution in [0.5, 0.6) is 0 Å². The molecular weight excluding hydrogens is 394 g/mol. The summed E-state index contributed by atoms with van der Waals surface area (Å²) in [4.78, 5) is 38.2. The highest BCUT2D eigenvalue weighted by Gasteiger charge is 2.25. The topological polar surface area (TPSA) is 84.5 Å². The quantitative estimate of drug-likeness (QED) is 0.512. The summed E-state index contributed by atoms with van der Waals surface area (Å²) in [5.74, 6) is 2.14. The Bertz CT molecular complexity index is 1300. The molecule has 1 fully saturated rings. The lowest BCUT2D eigenvalue weighted by Crippen LogP contribution is -2.49. The highest BCUT2D eigenvalue weighted by molar-refractivity contribution is 5.93. The third kappa shape index (κ3) is 3.68. The van der Waals surface area contributed by atoms with Crippen LogP contribution in [0, 0.1) is 6.92 Å². The van der Waals surface area contributed by atoms with Gasteiger partial charge in [-0.1, -0.05) is 12.1 Å². The third-order valence-electron chi connectivity index (χ3n) is 5.42. The zero-order valence-corrected chi connectivity index (χ0v) is 17.1. The molecule has 8 heteroatoms. The fourth-order valence-corrected chi connectivity index (χ4v) is 3.82. The van der Waals surface area contributed by atoms with Gasteiger partial charge in [0.2, 0.25) is 0 Å². The van der Waals surface area contributed by atoms with Gasteiger partial charge in [0.25, 0.3) is 5.91 Å². The molecule has 4 heterocycles. The average Bonchev–Trinajstić information content (AvgIpc) is 3.33. The number of aromatic nitrogens is 3. The Labute approximate surface area is 178 Å². The van der Waals surface area contributed by atoms with Crippen molar-refractivity contribution in [3.63, 3.8) is 0 Å². The van der Waals surface area contributed by atoms with Gasteiger partial charge in [-0.3, -0.25) is 9.59 Å². The van der Waals surface area contributed by atoms with E-state index in [0.29, 0.717) is 43.0 Å². The largest absolute Gasteiger partial charge is 0.451 e. The number of fused-ring (bicyclic) bond motifs is 1. The summed E-state index contributed by atoms with van der Waals surface area (Å²) in [5.41, 5.74) is 0.212. The van der Waals surface area contributed by atoms with Crippen LogP contribution in [-0.4, -0.2) is 51.5 Å². The molecule has 3 aromatic heterocycles. The van der Waals surface area contributed by atoms with Gasteiger partial charge in [-0.05, 0) is 31.2 Å². The van der Waals surface area contributed by atoms with Crippen molar-refractivity contribution >= 4 is 22.7 Å². The van der Waals surface area contributed by atoms with Gasteiger partial charge < -0.3 is 18.8 Å². The van der Waals surface area contributed by atoms with E-state index in [0.717, 1.165) is 11.6 Å². The van der Waals surface area contributed by atoms with Gasteiger partial charge in [0.05, 0.1) is 5.39 Å². The van der Waals surface area contributed by atoms with E-state index in [2.05, 4.69) is 14.9 Å². The van der Waals surface area contributed by atoms with E-state index < -0.39 is 0 Å². The molecule has 4 aromatic rings. The third-order valence-corrected chi connectivity index (χ3v) is 5.42. The first-order valence-electron chi connectivity index (χ1n) is 10.1. The molecule has 156 valence electrons. The SMILES string of the molecule is Cc1nc(N2CCN(C(=O)c3cc(=O)c4ccccc4o3)CC2)cc(-n2cccc2)n1. The Balaban J connectivity index is 1.33. The summed E-state index contributed by atoms with van der Waals surface area (Å²) in [5, 5.41) is 0.474. The molecule has 1 saturated heterocycles. The second-order valence-corrected chi connectivity index (χ2v) is 7.47. The van der Waals surface area contributed by atoms with Crippen LogP contribution in [0.2, 0.25) is 0 Å². The number of nitrogens with zero attached hydrogens (tertiary/aromatic N) is 5. The maximum Gasteiger partial charge on any atom is 0.289 e. The number of benzene rings is 1. The second-order valence-electron chi connectivity index (χ2n) is 7.47. The molecule has 0 aliphatic carbocycles. The summed E-state index contributed by atoms with van der Waals surface area (Å²) >= 11 is 0. The van der Waals surface area contributed by atoms with E-state index in [-0.39, 0.29) is 17.1 Å². The van der Waals surface area contributed by atoms with Gasteiger partial charge in [0.1, 0.15) is 23.0 Å². The normalized spacial score (nSPS) is 14.2. The van der Waals surface area contributed by atoms with Crippen LogP contribution in [0.15, 0.2) is 70.1 Å². The average molecular weight is 415 g/mol. The fourth-order valence-electron chi connectivity index (χ4n) is 3.82. The van der Waals surface area contributed by atoms with Gasteiger partial charge in [0.15, 0.2) is 11.2 Å². The number of hydrogen-bond acceptors (Lipinski definition) is 6. The molecule has 1 aliphatic rings. The fraction of sp³-hybridized carbons (Fsp3) is 0.217. The van der Waals surface area contributed by atoms with Crippen molar-refractivity contribution in [2.24, 2.45) is 0 Å². The van der Waals surface area contributed by atoms with Gasteiger partial charge >= 0.3 is 0 Å². The number of aryl methyl sites for hydroxylation is 1. The molecule has 0 atom stereocenters. The number of anilines is 1. The Kier molecular flexibility index (Phi) is 4.74. The highest BCUT2D eigenvalue weighted by Crippen LogP contribution is 2.19. The molecule has 0 saturated carbocycles. The number of rotatable bonds is 3. The van der Waals surface area contributed by atoms with E-state index in [1.165, 1.54) is 6.07 Å². The summed E-state index contributed by atoms with van der Waals surface area (Å²) in [6, 6.07) is 14.1. The monoisotopic (exact) mass is 415 g/mol. The first-order valence-corrected chi connectivity index (χ1v) is 10.1. The van der Waals surface area contributed by atoms with Crippen molar-refractivity contribution in [3.05, 3.63) is 82.7 Å². The van der Waals surface area contributed by atoms with E-state index >= 15 is 0 Å². The number of hydrogen-bond donors (Lipinski definition) is 0. The zero-order valence-electron chi connectivity index (χ0n) is 17.1. The standard InChI is InChI=1S/C23H21N5O3/c1-16-24-21(26-8-4-5-9-26)15-22(25-16)27-10-12-28(13-11-27)23(30)20-14-18(29)17-6-2-3-7-19(17)31-20/h2-9,14-15H,10-13H2,1H3. The number of carbonyl (C=O) groups excluding carboxylic acids is 1. The molecule has 0 unspecified atom stereocenters. The van der Waals surface area contributed by atoms with Crippen molar-refractivity contribution < 1.29 is 9.21 Å². The minimum atomic E-state index is -0.269. The Morgan fingerprint density at radius 3 is 2.42 bits per heavy atom. The smallest absolute Gasteiger partial charge is 0.289 e. The second kappa shape index (κ2) is 7.71. The van der Waals surface area contributed by atoms with Crippen LogP contribution in [0.4, 0.5) is 5.82 Å². The molecule has 1 amide bonds. The molecule has 1 aliphatic heterocycles. The van der Waals surface area contributed by atoms with Crippen LogP contribution in [0.1, 0.15) is 16.4 Å². The zero-order chi connectivity index (χ0) is 21.4. The summed E-state index contributed by atoms with van der Waals surface area (Å²) in [7, 11) is 0. The van der Waals surface area contributed by atoms with Crippen molar-refractivity contribution in [3.8, 4) is 5.82 Å². The van der Waals surface area contributed by atoms with E-state index in [1.54, 1.807) is 29.2 Å². The maximum absolute atomic E-state index is 12.9. The highest BCUT2D eigenvalue weighted by atomic mass is 16.3. The summed E-state index contributed by atoms with van der Waals surface area (Å²) < 4.78 is 7.66. The van der Waals surface area contributed by atoms with Crippen molar-refractivity contribution in [2.75, 3.05) is 31.1 Å². The Morgan fingerprint density at radius 2 is 1.65 bits per heavy atom. The van der Waals surface area contributed by atoms with Gasteiger partial charge in [-0.25, -0.2) is 9.97 Å². The van der Waals surface area contributed by atoms with E-state index in [9.17, 15) is 9.59 Å². The van der Waals surface area contributed by atoms with Crippen LogP contribution < -0.4 is 10.3 Å². The first-order chi connectivity index (χ1) is 15.1. The number of carbonyl (C=O) groups is 1. The minimum absolute atomic E-state index is 0.0740. The lowest BCUT2D eigenvalue weighted by atomic mass is 10.2. The van der Waals surface area contributed by atoms with E-state index in [1.807, 2.05) is 42.1 Å². The first kappa shape index (κ1) is 19.0. The molecule has 0 radical (unpaired) electrons. The predicted molar refractivity (Wildman–Crippen MR) is 117 cm³/mol. The minimum Gasteiger partial charge on any atom is -0.451 e. The molecule has 0 spiro atoms. The molecule has 0 bridgehead atoms. The Hall–Kier alpha value is -3.94. The molecule has 5 rings (SSSR count). The summed E-state index contributed by atoms with van der Waals surface area (Å²) in [6.45, 7) is 4.16. The Morgan fingerprint density at radius 1 is 0.935 bits per heavy atom. The number of para-hydroxylation sites is 1. The van der Waals surface area contributed by atoms with Crippen LogP contribution >= 0.6 is 0 Å². The molecule has 1 aromatic carbocycles. The number of amides is 1. The van der Waals surface area contributed by atoms with E-state index in [4.69, 9.17) is 4.42 Å². The van der Waals surface area contributed by atoms with Crippen molar-refractivity contribution in [2.45, 2.75) is 6.92 Å². The predicted octanol–water partition coefficient (Wildman–Crippen LogP) is 2.64. The summed E-state index contributed by atoms with van der Waals surface area (Å²) in [6.07, 6.45) is 3.89. The molecule has 31 heavy (non-hydrogen) atoms. The maximum atomic E-state index is 12.9. The van der Waals surface area contributed by atoms with Gasteiger partial charge in [-0.2, -0.15) is 0 Å². The molecule has 8 nitrogen and oxygen atoms in total. The molecular formula is C23H21N5O3. The number of piperazine rings is 1. The van der Waals surface area contributed by atoms with Gasteiger partial charge in [-0.15, -0.1) is 0 Å². The molecule has 0 N–H and O–H groups in total.